The van der Waals surface area contributed by atoms with Crippen LogP contribution in [0.2, 0.25) is 0 Å². The topological polar surface area (TPSA) is 68.2 Å². The lowest BCUT2D eigenvalue weighted by atomic mass is 10.3. The number of carbonyl (C=O) groups is 1. The molecule has 0 aliphatic heterocycles. The summed E-state index contributed by atoms with van der Waals surface area (Å²) in [7, 11) is 0. The molecule has 0 spiro atoms. The fraction of sp³-hybridized carbons (Fsp3) is 0.333. The minimum Gasteiger partial charge on any atom is -0.484 e. The van der Waals surface area contributed by atoms with E-state index < -0.39 is 18.8 Å². The van der Waals surface area contributed by atoms with Gasteiger partial charge < -0.3 is 19.9 Å². The molecular weight excluding hydrogens is 325 g/mol. The fourth-order valence-corrected chi connectivity index (χ4v) is 1.89. The average molecular weight is 342 g/mol. The zero-order valence-corrected chi connectivity index (χ0v) is 12.7. The number of nitrogens with zero attached hydrogens (tertiary/aromatic N) is 2. The van der Waals surface area contributed by atoms with Crippen LogP contribution in [0.5, 0.6) is 5.75 Å². The Morgan fingerprint density at radius 3 is 2.88 bits per heavy atom. The summed E-state index contributed by atoms with van der Waals surface area (Å²) in [5.41, 5.74) is 0.349. The summed E-state index contributed by atoms with van der Waals surface area (Å²) in [4.78, 5) is 15.7. The number of benzene rings is 1. The number of imidazole rings is 1. The second-order valence-corrected chi connectivity index (χ2v) is 4.97. The zero-order valence-electron chi connectivity index (χ0n) is 12.7. The smallest absolute Gasteiger partial charge is 0.422 e. The van der Waals surface area contributed by atoms with E-state index in [1.165, 1.54) is 18.2 Å². The molecule has 2 N–H and O–H groups in total. The highest BCUT2D eigenvalue weighted by Crippen LogP contribution is 2.21. The Bertz CT molecular complexity index is 644. The summed E-state index contributed by atoms with van der Waals surface area (Å²) >= 11 is 0. The average Bonchev–Trinajstić information content (AvgIpc) is 3.03. The van der Waals surface area contributed by atoms with Gasteiger partial charge in [-0.2, -0.15) is 13.2 Å². The van der Waals surface area contributed by atoms with Gasteiger partial charge in [-0.3, -0.25) is 0 Å². The van der Waals surface area contributed by atoms with E-state index in [4.69, 9.17) is 0 Å². The molecule has 0 fully saturated rings. The molecule has 0 aliphatic rings. The van der Waals surface area contributed by atoms with E-state index in [2.05, 4.69) is 20.4 Å². The number of aryl methyl sites for hydroxylation is 1. The largest absolute Gasteiger partial charge is 0.484 e. The van der Waals surface area contributed by atoms with E-state index in [-0.39, 0.29) is 5.75 Å². The summed E-state index contributed by atoms with van der Waals surface area (Å²) < 4.78 is 42.9. The van der Waals surface area contributed by atoms with Crippen molar-refractivity contribution >= 4 is 11.7 Å². The van der Waals surface area contributed by atoms with Crippen molar-refractivity contribution in [3.8, 4) is 5.75 Å². The molecule has 2 rings (SSSR count). The Balaban J connectivity index is 1.72. The minimum atomic E-state index is -4.41. The molecule has 0 saturated heterocycles. The SMILES string of the molecule is O=C(NCCCn1ccnc1)Nc1cccc(OCC(F)(F)F)c1. The van der Waals surface area contributed by atoms with E-state index in [1.807, 2.05) is 10.8 Å². The molecule has 0 bridgehead atoms. The summed E-state index contributed by atoms with van der Waals surface area (Å²) in [6, 6.07) is 5.34. The van der Waals surface area contributed by atoms with Crippen molar-refractivity contribution in [3.05, 3.63) is 43.0 Å². The highest BCUT2D eigenvalue weighted by molar-refractivity contribution is 5.89. The van der Waals surface area contributed by atoms with Crippen molar-refractivity contribution in [1.82, 2.24) is 14.9 Å². The Morgan fingerprint density at radius 2 is 2.17 bits per heavy atom. The third-order valence-corrected chi connectivity index (χ3v) is 2.93. The standard InChI is InChI=1S/C15H17F3N4O2/c16-15(17,18)10-24-13-4-1-3-12(9-13)21-14(23)20-5-2-7-22-8-6-19-11-22/h1,3-4,6,8-9,11H,2,5,7,10H2,(H2,20,21,23). The molecule has 1 heterocycles. The van der Waals surface area contributed by atoms with Crippen LogP contribution in [-0.4, -0.2) is 34.9 Å². The van der Waals surface area contributed by atoms with Gasteiger partial charge in [0.05, 0.1) is 6.33 Å². The van der Waals surface area contributed by atoms with Crippen molar-refractivity contribution in [2.75, 3.05) is 18.5 Å². The molecule has 0 unspecified atom stereocenters. The van der Waals surface area contributed by atoms with E-state index in [0.29, 0.717) is 12.2 Å². The lowest BCUT2D eigenvalue weighted by Gasteiger charge is -2.11. The van der Waals surface area contributed by atoms with Crippen LogP contribution >= 0.6 is 0 Å². The third kappa shape index (κ3) is 6.59. The highest BCUT2D eigenvalue weighted by Gasteiger charge is 2.28. The van der Waals surface area contributed by atoms with Crippen molar-refractivity contribution in [2.24, 2.45) is 0 Å². The molecule has 130 valence electrons. The minimum absolute atomic E-state index is 0.0326. The molecule has 2 amide bonds. The van der Waals surface area contributed by atoms with Crippen LogP contribution in [0.15, 0.2) is 43.0 Å². The third-order valence-electron chi connectivity index (χ3n) is 2.93. The van der Waals surface area contributed by atoms with Gasteiger partial charge in [-0.05, 0) is 18.6 Å². The lowest BCUT2D eigenvalue weighted by Crippen LogP contribution is -2.30. The van der Waals surface area contributed by atoms with Gasteiger partial charge in [0.15, 0.2) is 6.61 Å². The fourth-order valence-electron chi connectivity index (χ4n) is 1.89. The molecule has 1 aromatic heterocycles. The maximum Gasteiger partial charge on any atom is 0.422 e. The zero-order chi connectivity index (χ0) is 17.4. The van der Waals surface area contributed by atoms with Gasteiger partial charge >= 0.3 is 12.2 Å². The van der Waals surface area contributed by atoms with E-state index >= 15 is 0 Å². The number of amides is 2. The first kappa shape index (κ1) is 17.6. The number of aromatic nitrogens is 2. The summed E-state index contributed by atoms with van der Waals surface area (Å²) in [6.45, 7) is -0.202. The van der Waals surface area contributed by atoms with Gasteiger partial charge in [0, 0.05) is 37.2 Å². The van der Waals surface area contributed by atoms with E-state index in [0.717, 1.165) is 13.0 Å². The number of carbonyl (C=O) groups excluding carboxylic acids is 1. The maximum atomic E-state index is 12.1. The number of hydrogen-bond donors (Lipinski definition) is 2. The van der Waals surface area contributed by atoms with Gasteiger partial charge in [0.25, 0.3) is 0 Å². The Hall–Kier alpha value is -2.71. The molecule has 0 aliphatic carbocycles. The Labute approximate surface area is 136 Å². The van der Waals surface area contributed by atoms with Crippen LogP contribution in [0.1, 0.15) is 6.42 Å². The quantitative estimate of drug-likeness (QED) is 0.760. The predicted octanol–water partition coefficient (Wildman–Crippen LogP) is 3.04. The van der Waals surface area contributed by atoms with Gasteiger partial charge in [0.1, 0.15) is 5.75 Å². The first-order chi connectivity index (χ1) is 11.4. The molecule has 0 atom stereocenters. The number of halogens is 3. The Morgan fingerprint density at radius 1 is 1.33 bits per heavy atom. The Kier molecular flexibility index (Phi) is 6.05. The predicted molar refractivity (Wildman–Crippen MR) is 81.9 cm³/mol. The van der Waals surface area contributed by atoms with Crippen LogP contribution in [0.4, 0.5) is 23.7 Å². The van der Waals surface area contributed by atoms with Crippen LogP contribution in [0.3, 0.4) is 0 Å². The van der Waals surface area contributed by atoms with E-state index in [9.17, 15) is 18.0 Å². The second-order valence-electron chi connectivity index (χ2n) is 4.97. The number of ether oxygens (including phenoxy) is 1. The van der Waals surface area contributed by atoms with Crippen molar-refractivity contribution in [1.29, 1.82) is 0 Å². The summed E-state index contributed by atoms with van der Waals surface area (Å²) in [6.07, 6.45) is 1.50. The molecule has 0 saturated carbocycles. The monoisotopic (exact) mass is 342 g/mol. The second kappa shape index (κ2) is 8.23. The highest BCUT2D eigenvalue weighted by atomic mass is 19.4. The lowest BCUT2D eigenvalue weighted by molar-refractivity contribution is -0.153. The number of hydrogen-bond acceptors (Lipinski definition) is 3. The van der Waals surface area contributed by atoms with Crippen molar-refractivity contribution in [3.63, 3.8) is 0 Å². The molecule has 1 aromatic carbocycles. The molecule has 0 radical (unpaired) electrons. The van der Waals surface area contributed by atoms with Gasteiger partial charge in [-0.1, -0.05) is 6.07 Å². The number of alkyl halides is 3. The van der Waals surface area contributed by atoms with Crippen molar-refractivity contribution in [2.45, 2.75) is 19.1 Å². The van der Waals surface area contributed by atoms with Gasteiger partial charge in [-0.25, -0.2) is 9.78 Å². The molecule has 9 heteroatoms. The van der Waals surface area contributed by atoms with Crippen LogP contribution in [0, 0.1) is 0 Å². The summed E-state index contributed by atoms with van der Waals surface area (Å²) in [5.74, 6) is 0.0326. The normalized spacial score (nSPS) is 11.1. The van der Waals surface area contributed by atoms with Gasteiger partial charge in [0.2, 0.25) is 0 Å². The first-order valence-electron chi connectivity index (χ1n) is 7.22. The molecule has 2 aromatic rings. The van der Waals surface area contributed by atoms with Crippen LogP contribution < -0.4 is 15.4 Å². The van der Waals surface area contributed by atoms with Gasteiger partial charge in [-0.15, -0.1) is 0 Å². The van der Waals surface area contributed by atoms with Crippen molar-refractivity contribution < 1.29 is 22.7 Å². The maximum absolute atomic E-state index is 12.1. The molecular formula is C15H17F3N4O2. The van der Waals surface area contributed by atoms with Crippen LogP contribution in [0.25, 0.3) is 0 Å². The molecule has 6 nitrogen and oxygen atoms in total. The number of anilines is 1. The number of rotatable bonds is 7. The molecule has 24 heavy (non-hydrogen) atoms. The summed E-state index contributed by atoms with van der Waals surface area (Å²) in [5, 5.41) is 5.21. The number of nitrogens with one attached hydrogen (secondary N) is 2. The van der Waals surface area contributed by atoms with E-state index in [1.54, 1.807) is 18.6 Å². The number of urea groups is 1. The van der Waals surface area contributed by atoms with Crippen LogP contribution in [-0.2, 0) is 6.54 Å². The first-order valence-corrected chi connectivity index (χ1v) is 7.22.